The molecule has 0 spiro atoms. The normalized spacial score (nSPS) is 11.9. The molecule has 2 rings (SSSR count). The second-order valence-electron chi connectivity index (χ2n) is 4.38. The van der Waals surface area contributed by atoms with Gasteiger partial charge in [0.05, 0.1) is 17.8 Å². The molecule has 86 valence electrons. The molecule has 5 nitrogen and oxygen atoms in total. The average Bonchev–Trinajstić information content (AvgIpc) is 2.61. The highest BCUT2D eigenvalue weighted by Gasteiger charge is 2.19. The highest BCUT2D eigenvalue weighted by molar-refractivity contribution is 5.86. The number of aliphatic hydroxyl groups excluding tert-OH is 1. The number of nitrogens with two attached hydrogens (primary N) is 1. The van der Waals surface area contributed by atoms with E-state index in [0.29, 0.717) is 22.8 Å². The molecular weight excluding hydrogens is 206 g/mol. The Kier molecular flexibility index (Phi) is 2.47. The van der Waals surface area contributed by atoms with E-state index in [1.807, 2.05) is 19.9 Å². The minimum Gasteiger partial charge on any atom is -0.423 e. The minimum atomic E-state index is -0.477. The summed E-state index contributed by atoms with van der Waals surface area (Å²) in [6.07, 6.45) is 0. The SMILES string of the molecule is CC(C)(CO)Nc1nc2c(N)cccc2o1. The van der Waals surface area contributed by atoms with Gasteiger partial charge in [-0.05, 0) is 26.0 Å². The standard InChI is InChI=1S/C11H15N3O2/c1-11(2,6-15)14-10-13-9-7(12)4-3-5-8(9)16-10/h3-5,15H,6,12H2,1-2H3,(H,13,14). The summed E-state index contributed by atoms with van der Waals surface area (Å²) in [5.74, 6) is 0. The molecule has 1 aromatic heterocycles. The fraction of sp³-hybridized carbons (Fsp3) is 0.364. The Morgan fingerprint density at radius 3 is 2.88 bits per heavy atom. The van der Waals surface area contributed by atoms with Crippen LogP contribution < -0.4 is 11.1 Å². The molecule has 0 aliphatic heterocycles. The van der Waals surface area contributed by atoms with Crippen molar-refractivity contribution >= 4 is 22.8 Å². The molecule has 2 aromatic rings. The number of oxazole rings is 1. The Bertz CT molecular complexity index is 505. The van der Waals surface area contributed by atoms with Crippen LogP contribution in [0.1, 0.15) is 13.8 Å². The van der Waals surface area contributed by atoms with Gasteiger partial charge in [0.1, 0.15) is 5.52 Å². The first-order chi connectivity index (χ1) is 7.52. The maximum absolute atomic E-state index is 9.13. The highest BCUT2D eigenvalue weighted by Crippen LogP contribution is 2.25. The molecule has 0 saturated heterocycles. The lowest BCUT2D eigenvalue weighted by molar-refractivity contribution is 0.231. The second kappa shape index (κ2) is 3.68. The minimum absolute atomic E-state index is 0.0127. The van der Waals surface area contributed by atoms with E-state index < -0.39 is 5.54 Å². The Balaban J connectivity index is 2.37. The molecular formula is C11H15N3O2. The van der Waals surface area contributed by atoms with Crippen LogP contribution in [0.5, 0.6) is 0 Å². The predicted octanol–water partition coefficient (Wildman–Crippen LogP) is 1.59. The number of hydrogen-bond donors (Lipinski definition) is 3. The number of nitrogen functional groups attached to an aromatic ring is 1. The summed E-state index contributed by atoms with van der Waals surface area (Å²) in [5.41, 5.74) is 7.14. The van der Waals surface area contributed by atoms with Crippen LogP contribution in [0.2, 0.25) is 0 Å². The van der Waals surface area contributed by atoms with Crippen molar-refractivity contribution in [1.29, 1.82) is 0 Å². The van der Waals surface area contributed by atoms with Crippen molar-refractivity contribution in [2.75, 3.05) is 17.7 Å². The van der Waals surface area contributed by atoms with E-state index >= 15 is 0 Å². The van der Waals surface area contributed by atoms with E-state index in [-0.39, 0.29) is 6.61 Å². The van der Waals surface area contributed by atoms with Crippen molar-refractivity contribution in [3.63, 3.8) is 0 Å². The summed E-state index contributed by atoms with van der Waals surface area (Å²) in [4.78, 5) is 4.23. The number of para-hydroxylation sites is 1. The van der Waals surface area contributed by atoms with E-state index in [1.54, 1.807) is 12.1 Å². The highest BCUT2D eigenvalue weighted by atomic mass is 16.4. The van der Waals surface area contributed by atoms with Gasteiger partial charge in [0.25, 0.3) is 6.01 Å². The van der Waals surface area contributed by atoms with Crippen LogP contribution in [0.15, 0.2) is 22.6 Å². The molecule has 0 aliphatic carbocycles. The zero-order valence-corrected chi connectivity index (χ0v) is 9.32. The van der Waals surface area contributed by atoms with Gasteiger partial charge in [0.2, 0.25) is 0 Å². The fourth-order valence-corrected chi connectivity index (χ4v) is 1.35. The summed E-state index contributed by atoms with van der Waals surface area (Å²) in [6, 6.07) is 5.75. The number of aromatic nitrogens is 1. The quantitative estimate of drug-likeness (QED) is 0.685. The zero-order chi connectivity index (χ0) is 11.8. The number of hydrogen-bond acceptors (Lipinski definition) is 5. The third-order valence-electron chi connectivity index (χ3n) is 2.29. The Morgan fingerprint density at radius 1 is 1.50 bits per heavy atom. The van der Waals surface area contributed by atoms with Gasteiger partial charge in [-0.2, -0.15) is 4.98 Å². The van der Waals surface area contributed by atoms with Crippen LogP contribution in [0, 0.1) is 0 Å². The summed E-state index contributed by atoms with van der Waals surface area (Å²) < 4.78 is 5.47. The van der Waals surface area contributed by atoms with Crippen LogP contribution in [-0.4, -0.2) is 22.2 Å². The van der Waals surface area contributed by atoms with Crippen molar-refractivity contribution in [3.8, 4) is 0 Å². The van der Waals surface area contributed by atoms with Gasteiger partial charge in [-0.1, -0.05) is 6.07 Å². The number of nitrogens with zero attached hydrogens (tertiary/aromatic N) is 1. The largest absolute Gasteiger partial charge is 0.423 e. The molecule has 16 heavy (non-hydrogen) atoms. The Labute approximate surface area is 93.3 Å². The molecule has 5 heteroatoms. The lowest BCUT2D eigenvalue weighted by atomic mass is 10.1. The lowest BCUT2D eigenvalue weighted by Gasteiger charge is -2.21. The van der Waals surface area contributed by atoms with Crippen molar-refractivity contribution in [2.24, 2.45) is 0 Å². The first kappa shape index (κ1) is 10.8. The molecule has 1 heterocycles. The van der Waals surface area contributed by atoms with Crippen LogP contribution in [0.4, 0.5) is 11.7 Å². The molecule has 0 amide bonds. The topological polar surface area (TPSA) is 84.3 Å². The lowest BCUT2D eigenvalue weighted by Crippen LogP contribution is -2.34. The first-order valence-corrected chi connectivity index (χ1v) is 5.06. The third-order valence-corrected chi connectivity index (χ3v) is 2.29. The molecule has 1 aromatic carbocycles. The summed E-state index contributed by atoms with van der Waals surface area (Å²) in [6.45, 7) is 3.69. The van der Waals surface area contributed by atoms with Gasteiger partial charge in [0.15, 0.2) is 5.58 Å². The van der Waals surface area contributed by atoms with Gasteiger partial charge in [-0.25, -0.2) is 0 Å². The fourth-order valence-electron chi connectivity index (χ4n) is 1.35. The monoisotopic (exact) mass is 221 g/mol. The number of fused-ring (bicyclic) bond motifs is 1. The molecule has 0 unspecified atom stereocenters. The van der Waals surface area contributed by atoms with E-state index in [4.69, 9.17) is 15.3 Å². The molecule has 0 saturated carbocycles. The van der Waals surface area contributed by atoms with Gasteiger partial charge in [-0.15, -0.1) is 0 Å². The van der Waals surface area contributed by atoms with Crippen LogP contribution in [-0.2, 0) is 0 Å². The molecule has 0 bridgehead atoms. The molecule has 0 radical (unpaired) electrons. The van der Waals surface area contributed by atoms with Gasteiger partial charge in [0, 0.05) is 0 Å². The van der Waals surface area contributed by atoms with E-state index in [2.05, 4.69) is 10.3 Å². The third kappa shape index (κ3) is 1.94. The van der Waals surface area contributed by atoms with Gasteiger partial charge in [-0.3, -0.25) is 0 Å². The summed E-state index contributed by atoms with van der Waals surface area (Å²) in [7, 11) is 0. The van der Waals surface area contributed by atoms with E-state index in [0.717, 1.165) is 0 Å². The predicted molar refractivity (Wildman–Crippen MR) is 63.2 cm³/mol. The number of benzene rings is 1. The maximum Gasteiger partial charge on any atom is 0.296 e. The molecule has 0 aliphatic rings. The number of rotatable bonds is 3. The zero-order valence-electron chi connectivity index (χ0n) is 9.32. The second-order valence-corrected chi connectivity index (χ2v) is 4.38. The van der Waals surface area contributed by atoms with Crippen molar-refractivity contribution < 1.29 is 9.52 Å². The van der Waals surface area contributed by atoms with Crippen LogP contribution in [0.3, 0.4) is 0 Å². The van der Waals surface area contributed by atoms with Crippen LogP contribution >= 0.6 is 0 Å². The van der Waals surface area contributed by atoms with E-state index in [1.165, 1.54) is 0 Å². The van der Waals surface area contributed by atoms with Crippen LogP contribution in [0.25, 0.3) is 11.1 Å². The van der Waals surface area contributed by atoms with Crippen molar-refractivity contribution in [3.05, 3.63) is 18.2 Å². The maximum atomic E-state index is 9.13. The first-order valence-electron chi connectivity index (χ1n) is 5.06. The average molecular weight is 221 g/mol. The smallest absolute Gasteiger partial charge is 0.296 e. The van der Waals surface area contributed by atoms with Gasteiger partial charge >= 0.3 is 0 Å². The Hall–Kier alpha value is -1.75. The number of anilines is 2. The van der Waals surface area contributed by atoms with Gasteiger partial charge < -0.3 is 20.6 Å². The number of nitrogens with one attached hydrogen (secondary N) is 1. The molecule has 4 N–H and O–H groups in total. The number of aliphatic hydroxyl groups is 1. The summed E-state index contributed by atoms with van der Waals surface area (Å²) >= 11 is 0. The summed E-state index contributed by atoms with van der Waals surface area (Å²) in [5, 5.41) is 12.1. The Morgan fingerprint density at radius 2 is 2.25 bits per heavy atom. The van der Waals surface area contributed by atoms with Crippen molar-refractivity contribution in [2.45, 2.75) is 19.4 Å². The molecule has 0 fully saturated rings. The van der Waals surface area contributed by atoms with E-state index in [9.17, 15) is 0 Å². The molecule has 0 atom stereocenters. The van der Waals surface area contributed by atoms with Crippen molar-refractivity contribution in [1.82, 2.24) is 4.98 Å².